The number of carbonyl (C=O) groups excluding carboxylic acids is 1. The van der Waals surface area contributed by atoms with Gasteiger partial charge in [0.15, 0.2) is 5.78 Å². The molecule has 0 saturated carbocycles. The second kappa shape index (κ2) is 14.4. The van der Waals surface area contributed by atoms with Gasteiger partial charge in [0.2, 0.25) is 0 Å². The van der Waals surface area contributed by atoms with E-state index in [1.54, 1.807) is 0 Å². The predicted molar refractivity (Wildman–Crippen MR) is 149 cm³/mol. The van der Waals surface area contributed by atoms with Crippen LogP contribution in [0.3, 0.4) is 0 Å². The Bertz CT molecular complexity index is 1050. The Morgan fingerprint density at radius 1 is 0.886 bits per heavy atom. The molecule has 0 radical (unpaired) electrons. The third kappa shape index (κ3) is 7.94. The minimum Gasteiger partial charge on any atom is -0.494 e. The molecule has 0 aliphatic rings. The van der Waals surface area contributed by atoms with Crippen molar-refractivity contribution in [3.63, 3.8) is 0 Å². The van der Waals surface area contributed by atoms with Crippen molar-refractivity contribution in [1.29, 1.82) is 0 Å². The van der Waals surface area contributed by atoms with E-state index in [-0.39, 0.29) is 5.78 Å². The molecule has 2 aromatic carbocycles. The van der Waals surface area contributed by atoms with E-state index in [1.165, 1.54) is 38.8 Å². The molecule has 0 aliphatic carbocycles. The summed E-state index contributed by atoms with van der Waals surface area (Å²) < 4.78 is 13.0. The molecular formula is C30H40BrNO3. The van der Waals surface area contributed by atoms with Gasteiger partial charge in [0.1, 0.15) is 17.1 Å². The van der Waals surface area contributed by atoms with Crippen molar-refractivity contribution in [2.45, 2.75) is 72.1 Å². The molecule has 0 amide bonds. The third-order valence-electron chi connectivity index (χ3n) is 6.37. The lowest BCUT2D eigenvalue weighted by Gasteiger charge is -2.21. The third-order valence-corrected chi connectivity index (χ3v) is 6.86. The van der Waals surface area contributed by atoms with Crippen LogP contribution in [-0.2, 0) is 6.42 Å². The van der Waals surface area contributed by atoms with E-state index in [9.17, 15) is 4.79 Å². The summed E-state index contributed by atoms with van der Waals surface area (Å²) in [6.07, 6.45) is 8.78. The number of aryl methyl sites for hydroxylation is 1. The number of benzene rings is 2. The largest absolute Gasteiger partial charge is 0.494 e. The Kier molecular flexibility index (Phi) is 11.3. The summed E-state index contributed by atoms with van der Waals surface area (Å²) in [6, 6.07) is 13.4. The van der Waals surface area contributed by atoms with Crippen molar-refractivity contribution in [2.24, 2.45) is 0 Å². The SMILES string of the molecule is CCCCc1oc2ccc(Br)cc2c1C(=O)c1ccc(OCCCN(CCCC)CCCC)cc1. The zero-order valence-corrected chi connectivity index (χ0v) is 23.2. The molecule has 4 nitrogen and oxygen atoms in total. The molecule has 1 heterocycles. The van der Waals surface area contributed by atoms with Crippen molar-refractivity contribution >= 4 is 32.7 Å². The van der Waals surface area contributed by atoms with E-state index >= 15 is 0 Å². The molecule has 3 rings (SSSR count). The van der Waals surface area contributed by atoms with Gasteiger partial charge in [-0.1, -0.05) is 56.0 Å². The van der Waals surface area contributed by atoms with Gasteiger partial charge in [0, 0.05) is 28.4 Å². The Hall–Kier alpha value is -2.11. The Balaban J connectivity index is 1.63. The van der Waals surface area contributed by atoms with Gasteiger partial charge >= 0.3 is 0 Å². The second-order valence-electron chi connectivity index (χ2n) is 9.25. The van der Waals surface area contributed by atoms with E-state index in [0.717, 1.165) is 59.2 Å². The van der Waals surface area contributed by atoms with Crippen molar-refractivity contribution in [3.8, 4) is 5.75 Å². The van der Waals surface area contributed by atoms with Gasteiger partial charge in [0.05, 0.1) is 12.2 Å². The summed E-state index contributed by atoms with van der Waals surface area (Å²) in [5.74, 6) is 1.59. The molecule has 0 atom stereocenters. The molecule has 35 heavy (non-hydrogen) atoms. The molecule has 190 valence electrons. The molecule has 0 aliphatic heterocycles. The first-order chi connectivity index (χ1) is 17.1. The monoisotopic (exact) mass is 541 g/mol. The highest BCUT2D eigenvalue weighted by atomic mass is 79.9. The molecule has 3 aromatic rings. The fraction of sp³-hybridized carbons (Fsp3) is 0.500. The Morgan fingerprint density at radius 3 is 2.20 bits per heavy atom. The average Bonchev–Trinajstić information content (AvgIpc) is 3.23. The van der Waals surface area contributed by atoms with Crippen LogP contribution in [0.15, 0.2) is 51.4 Å². The van der Waals surface area contributed by atoms with Crippen molar-refractivity contribution in [2.75, 3.05) is 26.2 Å². The van der Waals surface area contributed by atoms with Gasteiger partial charge in [-0.3, -0.25) is 4.79 Å². The minimum absolute atomic E-state index is 0.00185. The van der Waals surface area contributed by atoms with Crippen LogP contribution in [0.5, 0.6) is 5.75 Å². The van der Waals surface area contributed by atoms with E-state index in [2.05, 4.69) is 41.6 Å². The highest BCUT2D eigenvalue weighted by Gasteiger charge is 2.22. The van der Waals surface area contributed by atoms with Crippen molar-refractivity contribution in [3.05, 3.63) is 63.8 Å². The Labute approximate surface area is 219 Å². The number of nitrogens with zero attached hydrogens (tertiary/aromatic N) is 1. The summed E-state index contributed by atoms with van der Waals surface area (Å²) in [7, 11) is 0. The summed E-state index contributed by atoms with van der Waals surface area (Å²) >= 11 is 3.53. The molecule has 0 unspecified atom stereocenters. The first-order valence-electron chi connectivity index (χ1n) is 13.3. The zero-order chi connectivity index (χ0) is 25.0. The van der Waals surface area contributed by atoms with Crippen LogP contribution in [0.25, 0.3) is 11.0 Å². The number of halogens is 1. The smallest absolute Gasteiger partial charge is 0.197 e. The maximum absolute atomic E-state index is 13.5. The van der Waals surface area contributed by atoms with Crippen LogP contribution in [0.4, 0.5) is 0 Å². The van der Waals surface area contributed by atoms with Gasteiger partial charge < -0.3 is 14.1 Å². The number of hydrogen-bond acceptors (Lipinski definition) is 4. The lowest BCUT2D eigenvalue weighted by Crippen LogP contribution is -2.28. The molecule has 0 saturated heterocycles. The highest BCUT2D eigenvalue weighted by molar-refractivity contribution is 9.10. The van der Waals surface area contributed by atoms with Crippen LogP contribution in [0, 0.1) is 0 Å². The average molecular weight is 543 g/mol. The van der Waals surface area contributed by atoms with Crippen LogP contribution >= 0.6 is 15.9 Å². The predicted octanol–water partition coefficient (Wildman–Crippen LogP) is 8.44. The van der Waals surface area contributed by atoms with Crippen LogP contribution < -0.4 is 4.74 Å². The number of unbranched alkanes of at least 4 members (excludes halogenated alkanes) is 3. The van der Waals surface area contributed by atoms with Crippen molar-refractivity contribution < 1.29 is 13.9 Å². The van der Waals surface area contributed by atoms with Crippen molar-refractivity contribution in [1.82, 2.24) is 4.90 Å². The number of ketones is 1. The number of hydrogen-bond donors (Lipinski definition) is 0. The van der Waals surface area contributed by atoms with Gasteiger partial charge in [0.25, 0.3) is 0 Å². The first kappa shape index (κ1) is 27.5. The molecular weight excluding hydrogens is 502 g/mol. The highest BCUT2D eigenvalue weighted by Crippen LogP contribution is 2.32. The van der Waals surface area contributed by atoms with Gasteiger partial charge in [-0.2, -0.15) is 0 Å². The summed E-state index contributed by atoms with van der Waals surface area (Å²) in [4.78, 5) is 16.1. The molecule has 0 N–H and O–H groups in total. The summed E-state index contributed by atoms with van der Waals surface area (Å²) in [6.45, 7) is 10.7. The first-order valence-corrected chi connectivity index (χ1v) is 14.1. The summed E-state index contributed by atoms with van der Waals surface area (Å²) in [5.41, 5.74) is 2.10. The molecule has 5 heteroatoms. The lowest BCUT2D eigenvalue weighted by molar-refractivity contribution is 0.103. The second-order valence-corrected chi connectivity index (χ2v) is 10.2. The van der Waals surface area contributed by atoms with E-state index in [1.807, 2.05) is 42.5 Å². The standard InChI is InChI=1S/C30H40BrNO3/c1-4-7-11-28-29(26-22-24(31)14-17-27(26)35-28)30(33)23-12-15-25(16-13-23)34-21-10-20-32(18-8-5-2)19-9-6-3/h12-17,22H,4-11,18-21H2,1-3H3. The fourth-order valence-corrected chi connectivity index (χ4v) is 4.67. The topological polar surface area (TPSA) is 42.7 Å². The minimum atomic E-state index is 0.00185. The number of fused-ring (bicyclic) bond motifs is 1. The van der Waals surface area contributed by atoms with E-state index in [0.29, 0.717) is 17.7 Å². The lowest BCUT2D eigenvalue weighted by atomic mass is 9.98. The number of rotatable bonds is 16. The molecule has 0 fully saturated rings. The molecule has 0 spiro atoms. The van der Waals surface area contributed by atoms with Gasteiger partial charge in [-0.15, -0.1) is 0 Å². The van der Waals surface area contributed by atoms with E-state index in [4.69, 9.17) is 9.15 Å². The maximum atomic E-state index is 13.5. The Morgan fingerprint density at radius 2 is 1.54 bits per heavy atom. The zero-order valence-electron chi connectivity index (χ0n) is 21.6. The van der Waals surface area contributed by atoms with Gasteiger partial charge in [-0.25, -0.2) is 0 Å². The summed E-state index contributed by atoms with van der Waals surface area (Å²) in [5, 5.41) is 0.867. The quantitative estimate of drug-likeness (QED) is 0.135. The van der Waals surface area contributed by atoms with E-state index < -0.39 is 0 Å². The number of furan rings is 1. The van der Waals surface area contributed by atoms with Gasteiger partial charge in [-0.05, 0) is 81.2 Å². The number of ether oxygens (including phenoxy) is 1. The van der Waals surface area contributed by atoms with Crippen LogP contribution in [0.2, 0.25) is 0 Å². The normalized spacial score (nSPS) is 11.5. The maximum Gasteiger partial charge on any atom is 0.197 e. The van der Waals surface area contributed by atoms with Crippen LogP contribution in [-0.4, -0.2) is 36.9 Å². The fourth-order valence-electron chi connectivity index (χ4n) is 4.31. The molecule has 0 bridgehead atoms. The van der Waals surface area contributed by atoms with Crippen LogP contribution in [0.1, 0.15) is 87.4 Å². The number of carbonyl (C=O) groups is 1. The molecule has 1 aromatic heterocycles.